The molecule has 0 aliphatic rings. The van der Waals surface area contributed by atoms with Gasteiger partial charge in [-0.3, -0.25) is 0 Å². The van der Waals surface area contributed by atoms with Gasteiger partial charge in [0.25, 0.3) is 0 Å². The minimum Gasteiger partial charge on any atom is -0.822 e. The minimum absolute atomic E-state index is 1.25. The van der Waals surface area contributed by atoms with Crippen LogP contribution < -0.4 is 29.4 Å². The maximum absolute atomic E-state index is 8.55. The van der Waals surface area contributed by atoms with Crippen LogP contribution in [0.15, 0.2) is 0 Å². The van der Waals surface area contributed by atoms with Crippen LogP contribution in [0.5, 0.6) is 0 Å². The Labute approximate surface area is 144 Å². The summed E-state index contributed by atoms with van der Waals surface area (Å²) in [5.74, 6) is 0. The van der Waals surface area contributed by atoms with E-state index in [2.05, 4.69) is 62.7 Å². The molecule has 0 bridgehead atoms. The average Bonchev–Trinajstić information content (AvgIpc) is 2.51. The summed E-state index contributed by atoms with van der Waals surface area (Å²) < 4.78 is 8.55. The zero-order valence-corrected chi connectivity index (χ0v) is 17.7. The van der Waals surface area contributed by atoms with Gasteiger partial charge in [0.05, 0.1) is 60.4 Å². The molecule has 0 atom stereocenters. The van der Waals surface area contributed by atoms with Gasteiger partial charge in [-0.1, -0.05) is 0 Å². The molecule has 0 aliphatic heterocycles. The minimum atomic E-state index is -5.39. The van der Waals surface area contributed by atoms with E-state index in [0.717, 1.165) is 0 Å². The Morgan fingerprint density at radius 2 is 0.652 bits per heavy atom. The van der Waals surface area contributed by atoms with E-state index in [1.165, 1.54) is 39.3 Å². The molecular formula is C15H42N3O4P. The molecule has 0 amide bonds. The fraction of sp³-hybridized carbons (Fsp3) is 1.00. The summed E-state index contributed by atoms with van der Waals surface area (Å²) in [5, 5.41) is 0. The zero-order chi connectivity index (χ0) is 19.5. The molecule has 0 aliphatic carbocycles. The highest BCUT2D eigenvalue weighted by Crippen LogP contribution is 2.03. The average molecular weight is 359 g/mol. The molecule has 0 saturated carbocycles. The molecule has 0 rings (SSSR count). The highest BCUT2D eigenvalue weighted by Gasteiger charge is 1.86. The molecule has 0 fully saturated rings. The quantitative estimate of drug-likeness (QED) is 0.419. The van der Waals surface area contributed by atoms with Crippen LogP contribution in [0.2, 0.25) is 0 Å². The maximum Gasteiger partial charge on any atom is 0.0740 e. The molecule has 0 spiro atoms. The van der Waals surface area contributed by atoms with Crippen LogP contribution in [0.3, 0.4) is 0 Å². The van der Waals surface area contributed by atoms with Gasteiger partial charge < -0.3 is 33.9 Å². The lowest BCUT2D eigenvalue weighted by atomic mass is 10.6. The van der Waals surface area contributed by atoms with E-state index in [1.807, 2.05) is 0 Å². The van der Waals surface area contributed by atoms with Crippen LogP contribution in [0.1, 0.15) is 41.5 Å². The molecule has 8 heteroatoms. The van der Waals surface area contributed by atoms with Gasteiger partial charge in [-0.2, -0.15) is 7.82 Å². The largest absolute Gasteiger partial charge is 0.822 e. The normalized spacial score (nSPS) is 10.4. The van der Waals surface area contributed by atoms with Crippen LogP contribution in [0.4, 0.5) is 0 Å². The van der Waals surface area contributed by atoms with Crippen molar-refractivity contribution >= 4 is 7.82 Å². The summed E-state index contributed by atoms with van der Waals surface area (Å²) in [6, 6.07) is 0. The van der Waals surface area contributed by atoms with E-state index in [-0.39, 0.29) is 0 Å². The molecule has 0 aromatic rings. The first-order valence-corrected chi connectivity index (χ1v) is 10.1. The monoisotopic (exact) mass is 359 g/mol. The standard InChI is InChI=1S/3C5H13N.H3O4P/c3*1-4-6(3)5-2;1-5(2,3)4/h3*4-5H2,1-3H3;(H3,1,2,3,4). The van der Waals surface area contributed by atoms with Crippen molar-refractivity contribution in [2.75, 3.05) is 60.4 Å². The predicted octanol–water partition coefficient (Wildman–Crippen LogP) is -4.20. The van der Waals surface area contributed by atoms with Crippen molar-refractivity contribution in [3.8, 4) is 0 Å². The second kappa shape index (κ2) is 22.0. The van der Waals surface area contributed by atoms with E-state index >= 15 is 0 Å². The number of quaternary nitrogens is 3. The molecule has 0 aromatic carbocycles. The number of phosphoric acid groups is 1. The van der Waals surface area contributed by atoms with E-state index in [0.29, 0.717) is 0 Å². The summed E-state index contributed by atoms with van der Waals surface area (Å²) in [6.45, 7) is 20.6. The highest BCUT2D eigenvalue weighted by molar-refractivity contribution is 7.40. The van der Waals surface area contributed by atoms with Crippen molar-refractivity contribution < 1.29 is 33.9 Å². The summed E-state index contributed by atoms with van der Waals surface area (Å²) in [7, 11) is 1.19. The van der Waals surface area contributed by atoms with Gasteiger partial charge in [-0.15, -0.1) is 0 Å². The number of hydrogen-bond acceptors (Lipinski definition) is 4. The topological polar surface area (TPSA) is 99.6 Å². The maximum atomic E-state index is 8.55. The van der Waals surface area contributed by atoms with E-state index < -0.39 is 7.82 Å². The molecule has 0 aromatic heterocycles. The van der Waals surface area contributed by atoms with Crippen molar-refractivity contribution in [3.05, 3.63) is 0 Å². The lowest BCUT2D eigenvalue weighted by Crippen LogP contribution is -3.08. The summed E-state index contributed by atoms with van der Waals surface area (Å²) in [5.41, 5.74) is 0. The molecule has 0 saturated heterocycles. The van der Waals surface area contributed by atoms with Gasteiger partial charge in [0, 0.05) is 0 Å². The second-order valence-electron chi connectivity index (χ2n) is 5.44. The van der Waals surface area contributed by atoms with Crippen LogP contribution >= 0.6 is 7.82 Å². The molecule has 3 N–H and O–H groups in total. The van der Waals surface area contributed by atoms with Crippen molar-refractivity contribution in [1.82, 2.24) is 0 Å². The molecule has 23 heavy (non-hydrogen) atoms. The van der Waals surface area contributed by atoms with E-state index in [9.17, 15) is 0 Å². The van der Waals surface area contributed by atoms with Gasteiger partial charge in [0.1, 0.15) is 0 Å². The Balaban J connectivity index is -0.000000105. The molecule has 0 heterocycles. The third-order valence-corrected chi connectivity index (χ3v) is 3.62. The first kappa shape index (κ1) is 30.8. The summed E-state index contributed by atoms with van der Waals surface area (Å²) >= 11 is 0. The van der Waals surface area contributed by atoms with Crippen molar-refractivity contribution in [1.29, 1.82) is 0 Å². The molecule has 0 unspecified atom stereocenters. The number of nitrogens with one attached hydrogen (secondary N) is 3. The van der Waals surface area contributed by atoms with Crippen LogP contribution in [0, 0.1) is 0 Å². The molecular weight excluding hydrogens is 317 g/mol. The third kappa shape index (κ3) is 61.1. The van der Waals surface area contributed by atoms with Crippen LogP contribution in [0.25, 0.3) is 0 Å². The Hall–Kier alpha value is -0.0100. The van der Waals surface area contributed by atoms with Gasteiger partial charge in [0.15, 0.2) is 0 Å². The van der Waals surface area contributed by atoms with Gasteiger partial charge in [-0.05, 0) is 41.5 Å². The Bertz CT molecular complexity index is 209. The smallest absolute Gasteiger partial charge is 0.0740 e. The Kier molecular flexibility index (Phi) is 29.5. The van der Waals surface area contributed by atoms with Crippen LogP contribution in [-0.4, -0.2) is 60.4 Å². The molecule has 0 radical (unpaired) electrons. The lowest BCUT2D eigenvalue weighted by Gasteiger charge is -2.36. The second-order valence-corrected chi connectivity index (χ2v) is 6.33. The van der Waals surface area contributed by atoms with Gasteiger partial charge in [0.2, 0.25) is 0 Å². The number of hydrogen-bond donors (Lipinski definition) is 3. The van der Waals surface area contributed by atoms with Gasteiger partial charge in [-0.25, -0.2) is 0 Å². The van der Waals surface area contributed by atoms with Crippen molar-refractivity contribution in [3.63, 3.8) is 0 Å². The predicted molar refractivity (Wildman–Crippen MR) is 91.5 cm³/mol. The summed E-state index contributed by atoms with van der Waals surface area (Å²) in [4.78, 5) is 30.4. The molecule has 146 valence electrons. The van der Waals surface area contributed by atoms with Crippen LogP contribution in [-0.2, 0) is 4.57 Å². The van der Waals surface area contributed by atoms with E-state index in [1.54, 1.807) is 14.7 Å². The first-order valence-electron chi connectivity index (χ1n) is 8.59. The molecule has 7 nitrogen and oxygen atoms in total. The third-order valence-electron chi connectivity index (χ3n) is 3.62. The van der Waals surface area contributed by atoms with Gasteiger partial charge >= 0.3 is 0 Å². The zero-order valence-electron chi connectivity index (χ0n) is 16.8. The first-order chi connectivity index (χ1) is 10.4. The highest BCUT2D eigenvalue weighted by atomic mass is 31.2. The van der Waals surface area contributed by atoms with Crippen molar-refractivity contribution in [2.45, 2.75) is 41.5 Å². The fourth-order valence-electron chi connectivity index (χ4n) is 0.750. The Morgan fingerprint density at radius 3 is 0.652 bits per heavy atom. The van der Waals surface area contributed by atoms with Crippen molar-refractivity contribution in [2.24, 2.45) is 0 Å². The summed E-state index contributed by atoms with van der Waals surface area (Å²) in [6.07, 6.45) is 0. The lowest BCUT2D eigenvalue weighted by molar-refractivity contribution is -0.875. The van der Waals surface area contributed by atoms with E-state index in [4.69, 9.17) is 19.2 Å². The Morgan fingerprint density at radius 1 is 0.565 bits per heavy atom. The number of rotatable bonds is 6. The SMILES string of the molecule is CC[NH+](C)CC.CC[NH+](C)CC.CC[NH+](C)CC.O=P([O-])([O-])[O-]. The fourth-order valence-corrected chi connectivity index (χ4v) is 0.750.